The molecular weight excluding hydrogens is 391 g/mol. The molecule has 0 aliphatic carbocycles. The van der Waals surface area contributed by atoms with Crippen molar-refractivity contribution in [3.63, 3.8) is 0 Å². The highest BCUT2D eigenvalue weighted by Crippen LogP contribution is 2.31. The maximum absolute atomic E-state index is 14.1. The molecule has 0 saturated heterocycles. The summed E-state index contributed by atoms with van der Waals surface area (Å²) in [7, 11) is 1.99. The zero-order chi connectivity index (χ0) is 21.8. The number of fused-ring (bicyclic) bond motifs is 1. The number of aliphatic hydroxyl groups is 1. The Labute approximate surface area is 182 Å². The van der Waals surface area contributed by atoms with Gasteiger partial charge in [-0.15, -0.1) is 0 Å². The van der Waals surface area contributed by atoms with Crippen molar-refractivity contribution in [2.24, 2.45) is 0 Å². The van der Waals surface area contributed by atoms with Crippen LogP contribution in [0.1, 0.15) is 39.6 Å². The van der Waals surface area contributed by atoms with E-state index in [1.54, 1.807) is 17.0 Å². The van der Waals surface area contributed by atoms with Gasteiger partial charge in [0.05, 0.1) is 11.7 Å². The molecule has 5 heteroatoms. The molecule has 1 atom stereocenters. The number of aryl methyl sites for hydroxylation is 1. The van der Waals surface area contributed by atoms with Gasteiger partial charge in [-0.25, -0.2) is 4.39 Å². The van der Waals surface area contributed by atoms with Gasteiger partial charge >= 0.3 is 0 Å². The lowest BCUT2D eigenvalue weighted by atomic mass is 9.96. The number of hydrogen-bond donors (Lipinski definition) is 1. The predicted octanol–water partition coefficient (Wildman–Crippen LogP) is 4.58. The third-order valence-electron chi connectivity index (χ3n) is 5.74. The molecule has 1 aliphatic rings. The van der Waals surface area contributed by atoms with Crippen LogP contribution in [0, 0.1) is 5.82 Å². The van der Waals surface area contributed by atoms with Crippen LogP contribution in [0.3, 0.4) is 0 Å². The van der Waals surface area contributed by atoms with E-state index in [0.717, 1.165) is 36.2 Å². The lowest BCUT2D eigenvalue weighted by Crippen LogP contribution is -2.36. The third kappa shape index (κ3) is 4.84. The third-order valence-corrected chi connectivity index (χ3v) is 5.74. The van der Waals surface area contributed by atoms with Gasteiger partial charge in [0.2, 0.25) is 0 Å². The van der Waals surface area contributed by atoms with E-state index in [-0.39, 0.29) is 11.5 Å². The normalized spacial score (nSPS) is 14.4. The zero-order valence-corrected chi connectivity index (χ0v) is 17.7. The van der Waals surface area contributed by atoms with E-state index in [0.29, 0.717) is 13.1 Å². The maximum atomic E-state index is 14.1. The Bertz CT molecular complexity index is 1050. The number of likely N-dealkylation sites (N-methyl/N-ethyl adjacent to an activating group) is 1. The molecule has 1 N–H and O–H groups in total. The Hall–Kier alpha value is -3.02. The summed E-state index contributed by atoms with van der Waals surface area (Å²) in [6.45, 7) is 1.82. The second-order valence-electron chi connectivity index (χ2n) is 8.13. The second-order valence-corrected chi connectivity index (χ2v) is 8.13. The molecule has 1 heterocycles. The van der Waals surface area contributed by atoms with Gasteiger partial charge in [0, 0.05) is 25.3 Å². The Morgan fingerprint density at radius 1 is 1.10 bits per heavy atom. The van der Waals surface area contributed by atoms with Crippen molar-refractivity contribution in [2.75, 3.05) is 25.0 Å². The average Bonchev–Trinajstić information content (AvgIpc) is 2.78. The van der Waals surface area contributed by atoms with Crippen LogP contribution in [0.25, 0.3) is 0 Å². The number of anilines is 1. The smallest absolute Gasteiger partial charge is 0.261 e. The molecule has 160 valence electrons. The first-order valence-corrected chi connectivity index (χ1v) is 10.6. The lowest BCUT2D eigenvalue weighted by Gasteiger charge is -2.30. The summed E-state index contributed by atoms with van der Waals surface area (Å²) in [4.78, 5) is 16.7. The van der Waals surface area contributed by atoms with E-state index < -0.39 is 11.9 Å². The van der Waals surface area contributed by atoms with Gasteiger partial charge in [-0.2, -0.15) is 0 Å². The monoisotopic (exact) mass is 418 g/mol. The molecule has 1 unspecified atom stereocenters. The molecule has 31 heavy (non-hydrogen) atoms. The summed E-state index contributed by atoms with van der Waals surface area (Å²) < 4.78 is 14.1. The van der Waals surface area contributed by atoms with Gasteiger partial charge in [0.1, 0.15) is 5.82 Å². The molecule has 0 radical (unpaired) electrons. The zero-order valence-electron chi connectivity index (χ0n) is 17.7. The van der Waals surface area contributed by atoms with Crippen LogP contribution in [0.2, 0.25) is 0 Å². The van der Waals surface area contributed by atoms with Crippen LogP contribution in [-0.4, -0.2) is 36.1 Å². The van der Waals surface area contributed by atoms with E-state index in [4.69, 9.17) is 0 Å². The minimum Gasteiger partial charge on any atom is -0.387 e. The van der Waals surface area contributed by atoms with Gasteiger partial charge in [-0.1, -0.05) is 54.6 Å². The van der Waals surface area contributed by atoms with Crippen LogP contribution in [0.4, 0.5) is 10.1 Å². The lowest BCUT2D eigenvalue weighted by molar-refractivity contribution is 0.0981. The van der Waals surface area contributed by atoms with Crippen molar-refractivity contribution < 1.29 is 14.3 Å². The van der Waals surface area contributed by atoms with Gasteiger partial charge in [0.25, 0.3) is 5.91 Å². The first kappa shape index (κ1) is 21.2. The van der Waals surface area contributed by atoms with Crippen LogP contribution in [0.5, 0.6) is 0 Å². The van der Waals surface area contributed by atoms with E-state index >= 15 is 0 Å². The van der Waals surface area contributed by atoms with Crippen LogP contribution >= 0.6 is 0 Å². The number of halogens is 1. The van der Waals surface area contributed by atoms with Crippen molar-refractivity contribution in [1.29, 1.82) is 0 Å². The summed E-state index contributed by atoms with van der Waals surface area (Å²) in [5.41, 5.74) is 3.93. The SMILES string of the molecule is CN(Cc1ccccc1)CC(O)c1ccc2c(c1)CCCN2C(=O)c1ccccc1F. The first-order valence-electron chi connectivity index (χ1n) is 10.6. The number of hydrogen-bond acceptors (Lipinski definition) is 3. The fraction of sp³-hybridized carbons (Fsp3) is 0.269. The number of carbonyl (C=O) groups is 1. The average molecular weight is 419 g/mol. The van der Waals surface area contributed by atoms with Gasteiger partial charge in [-0.3, -0.25) is 9.69 Å². The van der Waals surface area contributed by atoms with Crippen molar-refractivity contribution >= 4 is 11.6 Å². The van der Waals surface area contributed by atoms with Gasteiger partial charge < -0.3 is 10.0 Å². The predicted molar refractivity (Wildman–Crippen MR) is 121 cm³/mol. The Balaban J connectivity index is 1.49. The Kier molecular flexibility index (Phi) is 6.44. The molecule has 0 bridgehead atoms. The fourth-order valence-corrected chi connectivity index (χ4v) is 4.18. The standard InChI is InChI=1S/C26H27FN2O2/c1-28(17-19-8-3-2-4-9-19)18-25(30)21-13-14-24-20(16-21)10-7-15-29(24)26(31)22-11-5-6-12-23(22)27/h2-6,8-9,11-14,16,25,30H,7,10,15,17-18H2,1H3. The van der Waals surface area contributed by atoms with Gasteiger partial charge in [0.15, 0.2) is 0 Å². The van der Waals surface area contributed by atoms with E-state index in [1.807, 2.05) is 43.4 Å². The molecule has 0 aromatic heterocycles. The Morgan fingerprint density at radius 2 is 1.84 bits per heavy atom. The molecule has 1 aliphatic heterocycles. The molecule has 0 fully saturated rings. The number of amides is 1. The summed E-state index contributed by atoms with van der Waals surface area (Å²) in [6.07, 6.45) is 1.01. The maximum Gasteiger partial charge on any atom is 0.261 e. The number of carbonyl (C=O) groups excluding carboxylic acids is 1. The molecule has 3 aromatic carbocycles. The number of benzene rings is 3. The van der Waals surface area contributed by atoms with Crippen molar-refractivity contribution in [1.82, 2.24) is 4.90 Å². The van der Waals surface area contributed by atoms with Crippen molar-refractivity contribution in [2.45, 2.75) is 25.5 Å². The number of aliphatic hydroxyl groups excluding tert-OH is 1. The minimum atomic E-state index is -0.628. The largest absolute Gasteiger partial charge is 0.387 e. The summed E-state index contributed by atoms with van der Waals surface area (Å²) in [5, 5.41) is 10.8. The highest BCUT2D eigenvalue weighted by Gasteiger charge is 2.26. The summed E-state index contributed by atoms with van der Waals surface area (Å²) >= 11 is 0. The fourth-order valence-electron chi connectivity index (χ4n) is 4.18. The molecular formula is C26H27FN2O2. The highest BCUT2D eigenvalue weighted by atomic mass is 19.1. The van der Waals surface area contributed by atoms with Crippen LogP contribution in [-0.2, 0) is 13.0 Å². The van der Waals surface area contributed by atoms with E-state index in [1.165, 1.54) is 17.7 Å². The Morgan fingerprint density at radius 3 is 2.61 bits per heavy atom. The van der Waals surface area contributed by atoms with E-state index in [9.17, 15) is 14.3 Å². The molecule has 4 nitrogen and oxygen atoms in total. The minimum absolute atomic E-state index is 0.0852. The summed E-state index contributed by atoms with van der Waals surface area (Å²) in [5.74, 6) is -0.830. The quantitative estimate of drug-likeness (QED) is 0.637. The number of rotatable bonds is 6. The highest BCUT2D eigenvalue weighted by molar-refractivity contribution is 6.06. The second kappa shape index (κ2) is 9.41. The molecule has 0 saturated carbocycles. The molecule has 0 spiro atoms. The first-order chi connectivity index (χ1) is 15.0. The van der Waals surface area contributed by atoms with Crippen molar-refractivity contribution in [3.05, 3.63) is 101 Å². The topological polar surface area (TPSA) is 43.8 Å². The van der Waals surface area contributed by atoms with Crippen LogP contribution in [0.15, 0.2) is 72.8 Å². The molecule has 1 amide bonds. The summed E-state index contributed by atoms with van der Waals surface area (Å²) in [6, 6.07) is 22.0. The molecule has 4 rings (SSSR count). The number of nitrogens with zero attached hydrogens (tertiary/aromatic N) is 2. The van der Waals surface area contributed by atoms with Crippen molar-refractivity contribution in [3.8, 4) is 0 Å². The van der Waals surface area contributed by atoms with Crippen LogP contribution < -0.4 is 4.90 Å². The van der Waals surface area contributed by atoms with E-state index in [2.05, 4.69) is 17.0 Å². The molecule has 3 aromatic rings. The van der Waals surface area contributed by atoms with Gasteiger partial charge in [-0.05, 0) is 54.8 Å².